The number of guanidine groups is 1. The van der Waals surface area contributed by atoms with Crippen LogP contribution in [0.1, 0.15) is 23.6 Å². The third-order valence-corrected chi connectivity index (χ3v) is 5.05. The third-order valence-electron chi connectivity index (χ3n) is 4.23. The van der Waals surface area contributed by atoms with Crippen molar-refractivity contribution in [1.29, 1.82) is 0 Å². The van der Waals surface area contributed by atoms with Gasteiger partial charge in [0.1, 0.15) is 12.1 Å². The zero-order valence-electron chi connectivity index (χ0n) is 16.9. The van der Waals surface area contributed by atoms with Gasteiger partial charge >= 0.3 is 0 Å². The first-order valence-electron chi connectivity index (χ1n) is 9.28. The highest BCUT2D eigenvalue weighted by Gasteiger charge is 2.04. The molecule has 0 bridgehead atoms. The number of hydrogen-bond donors (Lipinski definition) is 2. The second kappa shape index (κ2) is 11.8. The molecule has 0 spiro atoms. The molecule has 0 fully saturated rings. The van der Waals surface area contributed by atoms with Crippen molar-refractivity contribution in [2.24, 2.45) is 4.99 Å². The Bertz CT molecular complexity index is 909. The summed E-state index contributed by atoms with van der Waals surface area (Å²) >= 11 is 1.77. The first-order valence-corrected chi connectivity index (χ1v) is 10.5. The van der Waals surface area contributed by atoms with Crippen LogP contribution in [0, 0.1) is 6.92 Å². The highest BCUT2D eigenvalue weighted by molar-refractivity contribution is 14.0. The van der Waals surface area contributed by atoms with Crippen LogP contribution >= 0.6 is 35.7 Å². The van der Waals surface area contributed by atoms with Crippen LogP contribution in [0.25, 0.3) is 5.82 Å². The molecule has 29 heavy (non-hydrogen) atoms. The van der Waals surface area contributed by atoms with E-state index in [2.05, 4.69) is 58.9 Å². The monoisotopic (exact) mass is 522 g/mol. The SMILES string of the molecule is CCNC(=NCc1ccc(-n2ccnc2)nc1)NCc1ccc(C)cc1SC.I. The Hall–Kier alpha value is -2.07. The number of aryl methyl sites for hydroxylation is 1. The van der Waals surface area contributed by atoms with Gasteiger partial charge in [-0.2, -0.15) is 0 Å². The lowest BCUT2D eigenvalue weighted by molar-refractivity contribution is 0.806. The van der Waals surface area contributed by atoms with E-state index in [1.54, 1.807) is 24.3 Å². The Morgan fingerprint density at radius 3 is 2.72 bits per heavy atom. The maximum absolute atomic E-state index is 4.69. The summed E-state index contributed by atoms with van der Waals surface area (Å²) in [5.41, 5.74) is 3.61. The molecular formula is C21H27IN6S. The number of halogens is 1. The third kappa shape index (κ3) is 6.74. The molecule has 0 amide bonds. The van der Waals surface area contributed by atoms with E-state index in [0.29, 0.717) is 6.54 Å². The number of nitrogens with zero attached hydrogens (tertiary/aromatic N) is 4. The number of imidazole rings is 1. The molecule has 2 heterocycles. The van der Waals surface area contributed by atoms with Gasteiger partial charge in [-0.25, -0.2) is 15.0 Å². The van der Waals surface area contributed by atoms with Crippen molar-refractivity contribution in [3.63, 3.8) is 0 Å². The van der Waals surface area contributed by atoms with Gasteiger partial charge in [-0.3, -0.25) is 4.57 Å². The molecule has 6 nitrogen and oxygen atoms in total. The van der Waals surface area contributed by atoms with Crippen molar-refractivity contribution < 1.29 is 0 Å². The molecule has 0 unspecified atom stereocenters. The molecule has 0 radical (unpaired) electrons. The number of benzene rings is 1. The van der Waals surface area contributed by atoms with Crippen molar-refractivity contribution in [2.75, 3.05) is 12.8 Å². The molecule has 8 heteroatoms. The topological polar surface area (TPSA) is 67.1 Å². The Morgan fingerprint density at radius 2 is 2.07 bits per heavy atom. The standard InChI is InChI=1S/C21H26N6S.HI/c1-4-23-21(26-14-18-7-5-16(2)11-19(18)28-3)25-13-17-6-8-20(24-12-17)27-10-9-22-15-27;/h5-12,15H,4,13-14H2,1-3H3,(H2,23,25,26);1H. The van der Waals surface area contributed by atoms with Gasteiger partial charge in [-0.05, 0) is 48.9 Å². The number of thioether (sulfide) groups is 1. The quantitative estimate of drug-likeness (QED) is 0.211. The van der Waals surface area contributed by atoms with Gasteiger partial charge in [0.05, 0.1) is 6.54 Å². The van der Waals surface area contributed by atoms with Crippen LogP contribution in [0.5, 0.6) is 0 Å². The van der Waals surface area contributed by atoms with Crippen molar-refractivity contribution in [2.45, 2.75) is 31.8 Å². The summed E-state index contributed by atoms with van der Waals surface area (Å²) in [6.07, 6.45) is 9.32. The first kappa shape index (κ1) is 23.2. The zero-order valence-corrected chi connectivity index (χ0v) is 20.1. The summed E-state index contributed by atoms with van der Waals surface area (Å²) < 4.78 is 1.88. The Balaban J connectivity index is 0.00000300. The molecule has 0 atom stereocenters. The van der Waals surface area contributed by atoms with E-state index in [0.717, 1.165) is 30.4 Å². The van der Waals surface area contributed by atoms with Gasteiger partial charge in [0.15, 0.2) is 5.96 Å². The number of rotatable bonds is 7. The number of pyridine rings is 1. The van der Waals surface area contributed by atoms with Crippen molar-refractivity contribution in [3.8, 4) is 5.82 Å². The average Bonchev–Trinajstić information content (AvgIpc) is 3.26. The Morgan fingerprint density at radius 1 is 1.21 bits per heavy atom. The molecule has 0 aliphatic heterocycles. The summed E-state index contributed by atoms with van der Waals surface area (Å²) in [6, 6.07) is 10.6. The largest absolute Gasteiger partial charge is 0.357 e. The lowest BCUT2D eigenvalue weighted by Gasteiger charge is -2.14. The summed E-state index contributed by atoms with van der Waals surface area (Å²) in [5, 5.41) is 6.73. The van der Waals surface area contributed by atoms with Gasteiger partial charge in [-0.1, -0.05) is 18.2 Å². The zero-order chi connectivity index (χ0) is 19.8. The van der Waals surface area contributed by atoms with Crippen molar-refractivity contribution >= 4 is 41.7 Å². The molecular weight excluding hydrogens is 495 g/mol. The molecule has 0 saturated heterocycles. The van der Waals surface area contributed by atoms with E-state index < -0.39 is 0 Å². The molecule has 0 saturated carbocycles. The minimum atomic E-state index is 0. The number of aromatic nitrogens is 3. The maximum Gasteiger partial charge on any atom is 0.191 e. The van der Waals surface area contributed by atoms with Crippen LogP contribution in [0.2, 0.25) is 0 Å². The van der Waals surface area contributed by atoms with Crippen LogP contribution in [-0.2, 0) is 13.1 Å². The summed E-state index contributed by atoms with van der Waals surface area (Å²) in [6.45, 7) is 6.30. The average molecular weight is 522 g/mol. The summed E-state index contributed by atoms with van der Waals surface area (Å²) in [4.78, 5) is 14.5. The highest BCUT2D eigenvalue weighted by Crippen LogP contribution is 2.21. The fraction of sp³-hybridized carbons (Fsp3) is 0.286. The number of hydrogen-bond acceptors (Lipinski definition) is 4. The van der Waals surface area contributed by atoms with Gasteiger partial charge in [0.25, 0.3) is 0 Å². The molecule has 1 aromatic carbocycles. The van der Waals surface area contributed by atoms with Gasteiger partial charge in [-0.15, -0.1) is 35.7 Å². The van der Waals surface area contributed by atoms with Gasteiger partial charge < -0.3 is 10.6 Å². The predicted molar refractivity (Wildman–Crippen MR) is 131 cm³/mol. The Labute approximate surface area is 193 Å². The van der Waals surface area contributed by atoms with E-state index in [1.807, 2.05) is 29.1 Å². The summed E-state index contributed by atoms with van der Waals surface area (Å²) in [5.74, 6) is 1.65. The van der Waals surface area contributed by atoms with E-state index in [1.165, 1.54) is 16.0 Å². The lowest BCUT2D eigenvalue weighted by atomic mass is 10.1. The van der Waals surface area contributed by atoms with Crippen LogP contribution in [0.3, 0.4) is 0 Å². The first-order chi connectivity index (χ1) is 13.7. The van der Waals surface area contributed by atoms with Gasteiger partial charge in [0, 0.05) is 36.6 Å². The molecule has 0 aliphatic rings. The van der Waals surface area contributed by atoms with Gasteiger partial charge in [0.2, 0.25) is 0 Å². The van der Waals surface area contributed by atoms with Crippen LogP contribution in [0.4, 0.5) is 0 Å². The molecule has 3 aromatic rings. The summed E-state index contributed by atoms with van der Waals surface area (Å²) in [7, 11) is 0. The van der Waals surface area contributed by atoms with E-state index in [-0.39, 0.29) is 24.0 Å². The fourth-order valence-corrected chi connectivity index (χ4v) is 3.45. The molecule has 0 aliphatic carbocycles. The van der Waals surface area contributed by atoms with Crippen LogP contribution < -0.4 is 10.6 Å². The Kier molecular flexibility index (Phi) is 9.46. The number of aliphatic imine (C=N–C) groups is 1. The molecule has 2 N–H and O–H groups in total. The minimum absolute atomic E-state index is 0. The molecule has 3 rings (SSSR count). The predicted octanol–water partition coefficient (Wildman–Crippen LogP) is 4.17. The molecule has 154 valence electrons. The number of nitrogens with one attached hydrogen (secondary N) is 2. The van der Waals surface area contributed by atoms with Crippen LogP contribution in [0.15, 0.2) is 65.1 Å². The second-order valence-corrected chi connectivity index (χ2v) is 7.21. The highest BCUT2D eigenvalue weighted by atomic mass is 127. The van der Waals surface area contributed by atoms with Crippen molar-refractivity contribution in [1.82, 2.24) is 25.2 Å². The minimum Gasteiger partial charge on any atom is -0.357 e. The van der Waals surface area contributed by atoms with E-state index in [4.69, 9.17) is 4.99 Å². The smallest absolute Gasteiger partial charge is 0.191 e. The van der Waals surface area contributed by atoms with E-state index >= 15 is 0 Å². The lowest BCUT2D eigenvalue weighted by Crippen LogP contribution is -2.36. The normalized spacial score (nSPS) is 11.1. The second-order valence-electron chi connectivity index (χ2n) is 6.36. The molecule has 2 aromatic heterocycles. The van der Waals surface area contributed by atoms with Crippen molar-refractivity contribution in [3.05, 3.63) is 71.9 Å². The van der Waals surface area contributed by atoms with Crippen LogP contribution in [-0.4, -0.2) is 33.3 Å². The maximum atomic E-state index is 4.69. The fourth-order valence-electron chi connectivity index (χ4n) is 2.75. The van der Waals surface area contributed by atoms with E-state index in [9.17, 15) is 0 Å².